The number of aryl methyl sites for hydroxylation is 1. The smallest absolute Gasteiger partial charge is 0.0490 e. The standard InChI is InChI=1S/C20H31N/c1-6-7-11-18(5)21-20(16(2)3)17(4)14-15-19-12-9-8-10-13-19/h8-10,12-13,16,20-21H,4-7,11,14-15H2,1-3H3. The number of hydrogen-bond donors (Lipinski definition) is 1. The van der Waals surface area contributed by atoms with Gasteiger partial charge < -0.3 is 5.32 Å². The van der Waals surface area contributed by atoms with Crippen molar-refractivity contribution < 1.29 is 0 Å². The van der Waals surface area contributed by atoms with E-state index in [0.29, 0.717) is 12.0 Å². The summed E-state index contributed by atoms with van der Waals surface area (Å²) in [4.78, 5) is 0. The van der Waals surface area contributed by atoms with Gasteiger partial charge in [-0.1, -0.05) is 76.3 Å². The first-order chi connectivity index (χ1) is 10.0. The Bertz CT molecular complexity index is 430. The van der Waals surface area contributed by atoms with Crippen LogP contribution in [-0.2, 0) is 6.42 Å². The molecule has 1 atom stereocenters. The summed E-state index contributed by atoms with van der Waals surface area (Å²) in [7, 11) is 0. The van der Waals surface area contributed by atoms with E-state index in [1.807, 2.05) is 0 Å². The highest BCUT2D eigenvalue weighted by molar-refractivity contribution is 5.18. The lowest BCUT2D eigenvalue weighted by molar-refractivity contribution is 0.463. The molecule has 0 heterocycles. The lowest BCUT2D eigenvalue weighted by atomic mass is 9.92. The van der Waals surface area contributed by atoms with Gasteiger partial charge in [0.05, 0.1) is 0 Å². The number of hydrogen-bond acceptors (Lipinski definition) is 1. The molecule has 1 aromatic carbocycles. The summed E-state index contributed by atoms with van der Waals surface area (Å²) in [5.74, 6) is 0.534. The van der Waals surface area contributed by atoms with Crippen LogP contribution in [0.4, 0.5) is 0 Å². The van der Waals surface area contributed by atoms with E-state index in [1.54, 1.807) is 0 Å². The fraction of sp³-hybridized carbons (Fsp3) is 0.500. The topological polar surface area (TPSA) is 12.0 Å². The second-order valence-electron chi connectivity index (χ2n) is 6.22. The van der Waals surface area contributed by atoms with E-state index >= 15 is 0 Å². The predicted molar refractivity (Wildman–Crippen MR) is 94.3 cm³/mol. The molecule has 116 valence electrons. The van der Waals surface area contributed by atoms with Crippen LogP contribution in [0.15, 0.2) is 54.8 Å². The molecular formula is C20H31N. The summed E-state index contributed by atoms with van der Waals surface area (Å²) < 4.78 is 0. The molecule has 0 aliphatic heterocycles. The Morgan fingerprint density at radius 1 is 1.10 bits per heavy atom. The minimum absolute atomic E-state index is 0.332. The van der Waals surface area contributed by atoms with Gasteiger partial charge in [-0.25, -0.2) is 0 Å². The van der Waals surface area contributed by atoms with Crippen molar-refractivity contribution in [3.63, 3.8) is 0 Å². The van der Waals surface area contributed by atoms with Crippen LogP contribution in [0.25, 0.3) is 0 Å². The monoisotopic (exact) mass is 285 g/mol. The van der Waals surface area contributed by atoms with Gasteiger partial charge in [0.2, 0.25) is 0 Å². The maximum absolute atomic E-state index is 4.32. The van der Waals surface area contributed by atoms with Crippen molar-refractivity contribution in [1.82, 2.24) is 5.32 Å². The van der Waals surface area contributed by atoms with Gasteiger partial charge in [-0.3, -0.25) is 0 Å². The van der Waals surface area contributed by atoms with Gasteiger partial charge in [0.15, 0.2) is 0 Å². The highest BCUT2D eigenvalue weighted by Crippen LogP contribution is 2.18. The van der Waals surface area contributed by atoms with Crippen LogP contribution < -0.4 is 5.32 Å². The highest BCUT2D eigenvalue weighted by atomic mass is 14.9. The van der Waals surface area contributed by atoms with Gasteiger partial charge in [0.1, 0.15) is 0 Å². The van der Waals surface area contributed by atoms with E-state index in [0.717, 1.165) is 25.0 Å². The summed E-state index contributed by atoms with van der Waals surface area (Å²) in [6.45, 7) is 15.2. The van der Waals surface area contributed by atoms with Crippen molar-refractivity contribution in [3.8, 4) is 0 Å². The van der Waals surface area contributed by atoms with Crippen molar-refractivity contribution in [2.24, 2.45) is 5.92 Å². The summed E-state index contributed by atoms with van der Waals surface area (Å²) in [6, 6.07) is 11.0. The van der Waals surface area contributed by atoms with Crippen LogP contribution in [0.1, 0.15) is 52.0 Å². The molecule has 1 N–H and O–H groups in total. The molecule has 0 radical (unpaired) electrons. The average Bonchev–Trinajstić information content (AvgIpc) is 2.49. The van der Waals surface area contributed by atoms with Gasteiger partial charge in [0.25, 0.3) is 0 Å². The first-order valence-corrected chi connectivity index (χ1v) is 8.20. The van der Waals surface area contributed by atoms with E-state index in [4.69, 9.17) is 0 Å². The van der Waals surface area contributed by atoms with E-state index < -0.39 is 0 Å². The first-order valence-electron chi connectivity index (χ1n) is 8.20. The number of unbranched alkanes of at least 4 members (excludes halogenated alkanes) is 1. The van der Waals surface area contributed by atoms with Gasteiger partial charge in [-0.05, 0) is 37.2 Å². The minimum atomic E-state index is 0.332. The van der Waals surface area contributed by atoms with Crippen molar-refractivity contribution in [1.29, 1.82) is 0 Å². The molecule has 0 aliphatic rings. The number of rotatable bonds is 10. The molecule has 0 fully saturated rings. The third-order valence-corrected chi connectivity index (χ3v) is 3.88. The van der Waals surface area contributed by atoms with Crippen molar-refractivity contribution in [2.45, 2.75) is 58.9 Å². The fourth-order valence-corrected chi connectivity index (χ4v) is 2.53. The Kier molecular flexibility index (Phi) is 7.89. The molecule has 1 aromatic rings. The predicted octanol–water partition coefficient (Wildman–Crippen LogP) is 5.49. The van der Waals surface area contributed by atoms with Crippen molar-refractivity contribution in [2.75, 3.05) is 0 Å². The second-order valence-corrected chi connectivity index (χ2v) is 6.22. The zero-order valence-electron chi connectivity index (χ0n) is 14.0. The van der Waals surface area contributed by atoms with Crippen LogP contribution in [0, 0.1) is 5.92 Å². The van der Waals surface area contributed by atoms with Gasteiger partial charge in [0, 0.05) is 11.7 Å². The SMILES string of the molecule is C=C(CCCC)NC(C(=C)CCc1ccccc1)C(C)C. The molecule has 0 aromatic heterocycles. The number of nitrogens with one attached hydrogen (secondary N) is 1. The highest BCUT2D eigenvalue weighted by Gasteiger charge is 2.16. The Balaban J connectivity index is 2.51. The Hall–Kier alpha value is -1.50. The molecule has 1 nitrogen and oxygen atoms in total. The maximum Gasteiger partial charge on any atom is 0.0490 e. The van der Waals surface area contributed by atoms with E-state index in [1.165, 1.54) is 24.0 Å². The van der Waals surface area contributed by atoms with E-state index in [9.17, 15) is 0 Å². The molecule has 0 aliphatic carbocycles. The summed E-state index contributed by atoms with van der Waals surface area (Å²) >= 11 is 0. The van der Waals surface area contributed by atoms with E-state index in [2.05, 4.69) is 69.6 Å². The first kappa shape index (κ1) is 17.6. The van der Waals surface area contributed by atoms with Gasteiger partial charge in [-0.2, -0.15) is 0 Å². The van der Waals surface area contributed by atoms with Crippen LogP contribution in [0.3, 0.4) is 0 Å². The lowest BCUT2D eigenvalue weighted by Crippen LogP contribution is -2.34. The Labute approximate surface area is 131 Å². The molecule has 1 unspecified atom stereocenters. The fourth-order valence-electron chi connectivity index (χ4n) is 2.53. The molecule has 0 bridgehead atoms. The van der Waals surface area contributed by atoms with Crippen molar-refractivity contribution >= 4 is 0 Å². The van der Waals surface area contributed by atoms with Crippen LogP contribution in [0.2, 0.25) is 0 Å². The van der Waals surface area contributed by atoms with Crippen LogP contribution in [0.5, 0.6) is 0 Å². The molecule has 0 amide bonds. The van der Waals surface area contributed by atoms with E-state index in [-0.39, 0.29) is 0 Å². The van der Waals surface area contributed by atoms with Crippen LogP contribution >= 0.6 is 0 Å². The Morgan fingerprint density at radius 2 is 1.76 bits per heavy atom. The minimum Gasteiger partial charge on any atom is -0.382 e. The summed E-state index contributed by atoms with van der Waals surface area (Å²) in [5, 5.41) is 3.59. The number of allylic oxidation sites excluding steroid dienone is 1. The third kappa shape index (κ3) is 6.66. The molecule has 1 rings (SSSR count). The quantitative estimate of drug-likeness (QED) is 0.560. The molecule has 1 heteroatoms. The number of benzene rings is 1. The second kappa shape index (κ2) is 9.44. The lowest BCUT2D eigenvalue weighted by Gasteiger charge is -2.27. The Morgan fingerprint density at radius 3 is 2.33 bits per heavy atom. The normalized spacial score (nSPS) is 12.2. The molecule has 0 saturated carbocycles. The zero-order chi connectivity index (χ0) is 15.7. The molecule has 21 heavy (non-hydrogen) atoms. The van der Waals surface area contributed by atoms with Crippen molar-refractivity contribution in [3.05, 3.63) is 60.3 Å². The van der Waals surface area contributed by atoms with Crippen LogP contribution in [-0.4, -0.2) is 6.04 Å². The summed E-state index contributed by atoms with van der Waals surface area (Å²) in [6.07, 6.45) is 5.56. The maximum atomic E-state index is 4.32. The largest absolute Gasteiger partial charge is 0.382 e. The average molecular weight is 285 g/mol. The molecule has 0 spiro atoms. The molecular weight excluding hydrogens is 254 g/mol. The molecule has 0 saturated heterocycles. The summed E-state index contributed by atoms with van der Waals surface area (Å²) in [5.41, 5.74) is 3.81. The third-order valence-electron chi connectivity index (χ3n) is 3.88. The van der Waals surface area contributed by atoms with Gasteiger partial charge in [-0.15, -0.1) is 0 Å². The van der Waals surface area contributed by atoms with Gasteiger partial charge >= 0.3 is 0 Å². The zero-order valence-corrected chi connectivity index (χ0v) is 14.0.